The van der Waals surface area contributed by atoms with Crippen LogP contribution in [0.4, 0.5) is 23.3 Å². The second-order valence-corrected chi connectivity index (χ2v) is 11.7. The van der Waals surface area contributed by atoms with Crippen LogP contribution in [0.3, 0.4) is 0 Å². The Labute approximate surface area is 228 Å². The van der Waals surface area contributed by atoms with Crippen LogP contribution in [0.15, 0.2) is 72.9 Å². The predicted molar refractivity (Wildman–Crippen MR) is 158 cm³/mol. The van der Waals surface area contributed by atoms with Crippen molar-refractivity contribution in [2.45, 2.75) is 19.2 Å². The van der Waals surface area contributed by atoms with Gasteiger partial charge in [0.15, 0.2) is 9.84 Å². The summed E-state index contributed by atoms with van der Waals surface area (Å²) in [7, 11) is 0.780. The first-order valence-electron chi connectivity index (χ1n) is 12.5. The molecule has 0 aliphatic heterocycles. The Balaban J connectivity index is 1.45. The van der Waals surface area contributed by atoms with Gasteiger partial charge in [0.1, 0.15) is 5.52 Å². The van der Waals surface area contributed by atoms with Crippen LogP contribution >= 0.6 is 0 Å². The number of fused-ring (bicyclic) bond motifs is 1. The van der Waals surface area contributed by atoms with E-state index in [1.165, 1.54) is 17.4 Å². The normalized spacial score (nSPS) is 11.5. The van der Waals surface area contributed by atoms with Gasteiger partial charge in [0.05, 0.1) is 22.5 Å². The molecular formula is C29H31N7O2S. The molecule has 0 saturated carbocycles. The Morgan fingerprint density at radius 1 is 0.897 bits per heavy atom. The highest BCUT2D eigenvalue weighted by molar-refractivity contribution is 7.89. The summed E-state index contributed by atoms with van der Waals surface area (Å²) >= 11 is 0. The van der Waals surface area contributed by atoms with Crippen LogP contribution in [0.2, 0.25) is 0 Å². The van der Waals surface area contributed by atoms with E-state index in [9.17, 15) is 8.42 Å². The minimum atomic E-state index is -3.09. The first kappa shape index (κ1) is 26.2. The number of aryl methyl sites for hydroxylation is 2. The second kappa shape index (κ2) is 10.7. The van der Waals surface area contributed by atoms with Gasteiger partial charge in [-0.2, -0.15) is 0 Å². The van der Waals surface area contributed by atoms with Gasteiger partial charge in [0.2, 0.25) is 11.9 Å². The Hall–Kier alpha value is -4.44. The van der Waals surface area contributed by atoms with Gasteiger partial charge in [-0.05, 0) is 48.4 Å². The van der Waals surface area contributed by atoms with Gasteiger partial charge in [0, 0.05) is 44.5 Å². The van der Waals surface area contributed by atoms with E-state index in [1.54, 1.807) is 18.3 Å². The largest absolute Gasteiger partial charge is 0.388 e. The highest BCUT2D eigenvalue weighted by Crippen LogP contribution is 2.35. The number of aromatic nitrogens is 4. The fraction of sp³-hybridized carbons (Fsp3) is 0.207. The van der Waals surface area contributed by atoms with Gasteiger partial charge in [-0.15, -0.1) is 0 Å². The smallest absolute Gasteiger partial charge is 0.227 e. The van der Waals surface area contributed by atoms with Crippen molar-refractivity contribution in [3.63, 3.8) is 0 Å². The topological polar surface area (TPSA) is 114 Å². The highest BCUT2D eigenvalue weighted by Gasteiger charge is 2.18. The lowest BCUT2D eigenvalue weighted by molar-refractivity contribution is 0.601. The molecule has 0 atom stereocenters. The van der Waals surface area contributed by atoms with Crippen molar-refractivity contribution in [1.29, 1.82) is 0 Å². The standard InChI is InChI=1S/C29H31N7O2S/c1-19-5-7-20(8-6-19)17-32-29-35-27-25(36(29)3)14-13-23(30-2)26(27)24-15-16-31-28(34-24)33-22-11-9-21(10-12-22)18-39(4,37)38/h5-16,30H,17-18H2,1-4H3,(H,32,35)(H,31,33,34). The van der Waals surface area contributed by atoms with Gasteiger partial charge in [-0.25, -0.2) is 23.4 Å². The molecule has 3 aromatic carbocycles. The molecule has 0 bridgehead atoms. The van der Waals surface area contributed by atoms with Crippen LogP contribution in [-0.4, -0.2) is 41.2 Å². The van der Waals surface area contributed by atoms with E-state index < -0.39 is 9.84 Å². The Kier molecular flexibility index (Phi) is 7.21. The number of imidazole rings is 1. The van der Waals surface area contributed by atoms with Crippen molar-refractivity contribution in [2.24, 2.45) is 7.05 Å². The lowest BCUT2D eigenvalue weighted by atomic mass is 10.1. The number of benzene rings is 3. The Morgan fingerprint density at radius 3 is 2.31 bits per heavy atom. The Bertz CT molecular complexity index is 1730. The van der Waals surface area contributed by atoms with Crippen LogP contribution in [0.1, 0.15) is 16.7 Å². The molecule has 0 radical (unpaired) electrons. The molecule has 0 fully saturated rings. The van der Waals surface area contributed by atoms with Crippen LogP contribution in [0.25, 0.3) is 22.3 Å². The number of nitrogens with zero attached hydrogens (tertiary/aromatic N) is 4. The average molecular weight is 542 g/mol. The number of rotatable bonds is 9. The maximum Gasteiger partial charge on any atom is 0.227 e. The monoisotopic (exact) mass is 541 g/mol. The summed E-state index contributed by atoms with van der Waals surface area (Å²) in [6, 6.07) is 21.6. The number of hydrogen-bond acceptors (Lipinski definition) is 8. The van der Waals surface area contributed by atoms with Gasteiger partial charge >= 0.3 is 0 Å². The highest BCUT2D eigenvalue weighted by atomic mass is 32.2. The quantitative estimate of drug-likeness (QED) is 0.231. The molecule has 9 nitrogen and oxygen atoms in total. The SMILES string of the molecule is CNc1ccc2c(nc(NCc3ccc(C)cc3)n2C)c1-c1ccnc(Nc2ccc(CS(C)(=O)=O)cc2)n1. The minimum Gasteiger partial charge on any atom is -0.388 e. The lowest BCUT2D eigenvalue weighted by Gasteiger charge is -2.11. The molecular weight excluding hydrogens is 510 g/mol. The van der Waals surface area contributed by atoms with Crippen LogP contribution in [-0.2, 0) is 29.2 Å². The number of nitrogens with one attached hydrogen (secondary N) is 3. The molecule has 39 heavy (non-hydrogen) atoms. The van der Waals surface area contributed by atoms with E-state index in [-0.39, 0.29) is 5.75 Å². The fourth-order valence-electron chi connectivity index (χ4n) is 4.45. The van der Waals surface area contributed by atoms with Crippen molar-refractivity contribution in [3.05, 3.63) is 89.6 Å². The summed E-state index contributed by atoms with van der Waals surface area (Å²) in [4.78, 5) is 14.1. The zero-order valence-electron chi connectivity index (χ0n) is 22.4. The summed E-state index contributed by atoms with van der Waals surface area (Å²) < 4.78 is 25.2. The second-order valence-electron chi connectivity index (χ2n) is 9.60. The predicted octanol–water partition coefficient (Wildman–Crippen LogP) is 5.28. The molecule has 0 amide bonds. The molecule has 0 saturated heterocycles. The van der Waals surface area contributed by atoms with E-state index in [1.807, 2.05) is 49.0 Å². The summed E-state index contributed by atoms with van der Waals surface area (Å²) in [5.74, 6) is 1.19. The fourth-order valence-corrected chi connectivity index (χ4v) is 5.24. The van der Waals surface area contributed by atoms with E-state index >= 15 is 0 Å². The summed E-state index contributed by atoms with van der Waals surface area (Å²) in [5, 5.41) is 9.96. The van der Waals surface area contributed by atoms with Gasteiger partial charge in [0.25, 0.3) is 0 Å². The van der Waals surface area contributed by atoms with Crippen molar-refractivity contribution >= 4 is 44.1 Å². The molecule has 0 aliphatic carbocycles. The summed E-state index contributed by atoms with van der Waals surface area (Å²) in [6.07, 6.45) is 2.93. The molecule has 200 valence electrons. The molecule has 2 aromatic heterocycles. The lowest BCUT2D eigenvalue weighted by Crippen LogP contribution is -2.04. The molecule has 5 aromatic rings. The van der Waals surface area contributed by atoms with Crippen LogP contribution in [0, 0.1) is 6.92 Å². The number of sulfone groups is 1. The molecule has 0 unspecified atom stereocenters. The third-order valence-corrected chi connectivity index (χ3v) is 7.30. The summed E-state index contributed by atoms with van der Waals surface area (Å²) in [6.45, 7) is 2.74. The third kappa shape index (κ3) is 6.01. The number of anilines is 4. The first-order valence-corrected chi connectivity index (χ1v) is 14.6. The van der Waals surface area contributed by atoms with E-state index in [4.69, 9.17) is 9.97 Å². The van der Waals surface area contributed by atoms with Crippen LogP contribution in [0.5, 0.6) is 0 Å². The van der Waals surface area contributed by atoms with E-state index in [2.05, 4.69) is 52.1 Å². The van der Waals surface area contributed by atoms with Gasteiger partial charge in [-0.3, -0.25) is 0 Å². The zero-order valence-corrected chi connectivity index (χ0v) is 23.2. The van der Waals surface area contributed by atoms with Crippen molar-refractivity contribution < 1.29 is 8.42 Å². The third-order valence-electron chi connectivity index (χ3n) is 6.44. The van der Waals surface area contributed by atoms with E-state index in [0.717, 1.165) is 45.2 Å². The van der Waals surface area contributed by atoms with Gasteiger partial charge < -0.3 is 20.5 Å². The molecule has 10 heteroatoms. The average Bonchev–Trinajstić information content (AvgIpc) is 3.23. The van der Waals surface area contributed by atoms with Crippen molar-refractivity contribution in [1.82, 2.24) is 19.5 Å². The van der Waals surface area contributed by atoms with Gasteiger partial charge in [-0.1, -0.05) is 42.0 Å². The molecule has 0 spiro atoms. The van der Waals surface area contributed by atoms with Crippen LogP contribution < -0.4 is 16.0 Å². The minimum absolute atomic E-state index is 0.00199. The zero-order chi connectivity index (χ0) is 27.6. The molecule has 5 rings (SSSR count). The number of hydrogen-bond donors (Lipinski definition) is 3. The molecule has 3 N–H and O–H groups in total. The maximum absolute atomic E-state index is 11.6. The molecule has 2 heterocycles. The van der Waals surface area contributed by atoms with Crippen molar-refractivity contribution in [2.75, 3.05) is 29.3 Å². The summed E-state index contributed by atoms with van der Waals surface area (Å²) in [5.41, 5.74) is 8.20. The molecule has 0 aliphatic rings. The van der Waals surface area contributed by atoms with Crippen molar-refractivity contribution in [3.8, 4) is 11.3 Å². The first-order chi connectivity index (χ1) is 18.7. The Morgan fingerprint density at radius 2 is 1.62 bits per heavy atom. The maximum atomic E-state index is 11.6. The van der Waals surface area contributed by atoms with E-state index in [0.29, 0.717) is 12.5 Å².